The highest BCUT2D eigenvalue weighted by Gasteiger charge is 2.47. The van der Waals surface area contributed by atoms with Crippen molar-refractivity contribution in [1.29, 1.82) is 0 Å². The summed E-state index contributed by atoms with van der Waals surface area (Å²) < 4.78 is 10.8. The summed E-state index contributed by atoms with van der Waals surface area (Å²) in [6.07, 6.45) is 0. The summed E-state index contributed by atoms with van der Waals surface area (Å²) in [5, 5.41) is 13.4. The van der Waals surface area contributed by atoms with Crippen LogP contribution in [0.2, 0.25) is 0 Å². The van der Waals surface area contributed by atoms with Crippen molar-refractivity contribution in [1.82, 2.24) is 0 Å². The zero-order valence-electron chi connectivity index (χ0n) is 21.6. The first-order chi connectivity index (χ1) is 18.3. The molecule has 1 fully saturated rings. The zero-order chi connectivity index (χ0) is 27.0. The third-order valence-corrected chi connectivity index (χ3v) is 6.84. The molecule has 1 saturated heterocycles. The van der Waals surface area contributed by atoms with Crippen LogP contribution in [0.15, 0.2) is 90.5 Å². The van der Waals surface area contributed by atoms with Crippen LogP contribution in [-0.4, -0.2) is 45.1 Å². The van der Waals surface area contributed by atoms with Gasteiger partial charge in [-0.05, 0) is 46.7 Å². The Labute approximate surface area is 221 Å². The molecule has 1 amide bonds. The van der Waals surface area contributed by atoms with Crippen LogP contribution < -0.4 is 19.3 Å². The fraction of sp³-hybridized carbons (Fsp3) is 0.161. The molecule has 38 heavy (non-hydrogen) atoms. The Kier molecular flexibility index (Phi) is 6.51. The summed E-state index contributed by atoms with van der Waals surface area (Å²) in [5.41, 5.74) is 2.59. The molecule has 4 aromatic rings. The fourth-order valence-corrected chi connectivity index (χ4v) is 4.84. The quantitative estimate of drug-likeness (QED) is 0.209. The minimum Gasteiger partial charge on any atom is -0.507 e. The van der Waals surface area contributed by atoms with Gasteiger partial charge in [0.25, 0.3) is 11.7 Å². The summed E-state index contributed by atoms with van der Waals surface area (Å²) >= 11 is 0. The monoisotopic (exact) mass is 508 g/mol. The van der Waals surface area contributed by atoms with E-state index in [0.717, 1.165) is 16.5 Å². The molecule has 1 aliphatic heterocycles. The Bertz CT molecular complexity index is 1570. The number of nitrogens with zero attached hydrogens (tertiary/aromatic N) is 2. The molecule has 0 aromatic heterocycles. The number of carbonyl (C=O) groups excluding carboxylic acids is 2. The van der Waals surface area contributed by atoms with Crippen molar-refractivity contribution in [2.45, 2.75) is 6.04 Å². The Hall–Kier alpha value is -4.78. The predicted molar refractivity (Wildman–Crippen MR) is 149 cm³/mol. The van der Waals surface area contributed by atoms with E-state index in [1.807, 2.05) is 79.7 Å². The molecule has 1 N–H and O–H groups in total. The maximum atomic E-state index is 13.5. The number of ketones is 1. The van der Waals surface area contributed by atoms with Crippen molar-refractivity contribution in [2.24, 2.45) is 0 Å². The first-order valence-corrected chi connectivity index (χ1v) is 12.1. The Morgan fingerprint density at radius 2 is 1.50 bits per heavy atom. The number of aliphatic hydroxyl groups excluding tert-OH is 1. The summed E-state index contributed by atoms with van der Waals surface area (Å²) in [5.74, 6) is -0.800. The Balaban J connectivity index is 1.71. The average Bonchev–Trinajstić information content (AvgIpc) is 3.21. The number of rotatable bonds is 6. The Morgan fingerprint density at radius 3 is 2.16 bits per heavy atom. The smallest absolute Gasteiger partial charge is 0.300 e. The number of anilines is 2. The number of methoxy groups -OCH3 is 2. The first-order valence-electron chi connectivity index (χ1n) is 12.1. The molecule has 0 spiro atoms. The van der Waals surface area contributed by atoms with Crippen LogP contribution in [0.5, 0.6) is 11.5 Å². The van der Waals surface area contributed by atoms with Gasteiger partial charge in [0.15, 0.2) is 11.5 Å². The number of Topliss-reactive ketones (excluding diaryl/α,β-unsaturated/α-hetero) is 1. The second-order valence-corrected chi connectivity index (χ2v) is 9.26. The zero-order valence-corrected chi connectivity index (χ0v) is 21.6. The fourth-order valence-electron chi connectivity index (χ4n) is 4.84. The largest absolute Gasteiger partial charge is 0.507 e. The number of aliphatic hydroxyl groups is 1. The van der Waals surface area contributed by atoms with Crippen LogP contribution >= 0.6 is 0 Å². The van der Waals surface area contributed by atoms with Crippen molar-refractivity contribution >= 4 is 39.6 Å². The van der Waals surface area contributed by atoms with E-state index in [1.165, 1.54) is 19.1 Å². The third kappa shape index (κ3) is 4.22. The van der Waals surface area contributed by atoms with Crippen molar-refractivity contribution < 1.29 is 24.2 Å². The van der Waals surface area contributed by atoms with Gasteiger partial charge in [0.1, 0.15) is 5.76 Å². The van der Waals surface area contributed by atoms with Gasteiger partial charge in [0.2, 0.25) is 0 Å². The van der Waals surface area contributed by atoms with Crippen LogP contribution in [0.3, 0.4) is 0 Å². The third-order valence-electron chi connectivity index (χ3n) is 6.84. The van der Waals surface area contributed by atoms with Gasteiger partial charge in [0, 0.05) is 37.1 Å². The van der Waals surface area contributed by atoms with Gasteiger partial charge in [-0.1, -0.05) is 48.5 Å². The van der Waals surface area contributed by atoms with E-state index in [1.54, 1.807) is 24.3 Å². The lowest BCUT2D eigenvalue weighted by Crippen LogP contribution is -2.29. The van der Waals surface area contributed by atoms with Gasteiger partial charge in [-0.2, -0.15) is 0 Å². The highest BCUT2D eigenvalue weighted by molar-refractivity contribution is 6.51. The van der Waals surface area contributed by atoms with Gasteiger partial charge in [-0.3, -0.25) is 14.5 Å². The lowest BCUT2D eigenvalue weighted by molar-refractivity contribution is -0.132. The summed E-state index contributed by atoms with van der Waals surface area (Å²) in [6.45, 7) is 0. The van der Waals surface area contributed by atoms with Crippen molar-refractivity contribution in [3.63, 3.8) is 0 Å². The van der Waals surface area contributed by atoms with Crippen molar-refractivity contribution in [3.8, 4) is 11.5 Å². The summed E-state index contributed by atoms with van der Waals surface area (Å²) in [7, 11) is 6.90. The minimum absolute atomic E-state index is 0.0256. The Morgan fingerprint density at radius 1 is 0.816 bits per heavy atom. The highest BCUT2D eigenvalue weighted by atomic mass is 16.5. The summed E-state index contributed by atoms with van der Waals surface area (Å²) in [4.78, 5) is 30.4. The van der Waals surface area contributed by atoms with Crippen molar-refractivity contribution in [2.75, 3.05) is 38.1 Å². The molecule has 0 bridgehead atoms. The molecule has 0 saturated carbocycles. The maximum Gasteiger partial charge on any atom is 0.300 e. The van der Waals surface area contributed by atoms with Gasteiger partial charge < -0.3 is 19.5 Å². The minimum atomic E-state index is -0.851. The molecule has 5 rings (SSSR count). The topological polar surface area (TPSA) is 79.3 Å². The number of carbonyl (C=O) groups is 2. The molecule has 0 aliphatic carbocycles. The van der Waals surface area contributed by atoms with Crippen LogP contribution in [0.25, 0.3) is 16.5 Å². The van der Waals surface area contributed by atoms with E-state index in [4.69, 9.17) is 9.47 Å². The van der Waals surface area contributed by atoms with Crippen LogP contribution in [0.1, 0.15) is 17.2 Å². The molecular weight excluding hydrogens is 480 g/mol. The molecule has 192 valence electrons. The van der Waals surface area contributed by atoms with Crippen LogP contribution in [0.4, 0.5) is 11.4 Å². The predicted octanol–water partition coefficient (Wildman–Crippen LogP) is 5.55. The molecule has 1 aliphatic rings. The molecule has 1 atom stereocenters. The number of fused-ring (bicyclic) bond motifs is 1. The normalized spacial score (nSPS) is 16.6. The highest BCUT2D eigenvalue weighted by Crippen LogP contribution is 2.44. The van der Waals surface area contributed by atoms with Gasteiger partial charge >= 0.3 is 0 Å². The standard InChI is InChI=1S/C31H28N2O5/c1-32(2)23-13-11-20(12-14-23)28-27(29(34)22-10-9-19-7-5-6-8-21(19)17-22)30(35)31(36)33(28)24-15-16-25(37-3)26(18-24)38-4/h5-18,28,34H,1-4H3/b29-27-. The van der Waals surface area contributed by atoms with E-state index in [-0.39, 0.29) is 11.3 Å². The molecule has 1 heterocycles. The molecular formula is C31H28N2O5. The van der Waals surface area contributed by atoms with Gasteiger partial charge in [-0.15, -0.1) is 0 Å². The number of benzene rings is 4. The van der Waals surface area contributed by atoms with Crippen LogP contribution in [-0.2, 0) is 9.59 Å². The second kappa shape index (κ2) is 9.94. The maximum absolute atomic E-state index is 13.5. The molecule has 7 nitrogen and oxygen atoms in total. The lowest BCUT2D eigenvalue weighted by atomic mass is 9.94. The molecule has 0 radical (unpaired) electrons. The van der Waals surface area contributed by atoms with E-state index in [2.05, 4.69) is 0 Å². The van der Waals surface area contributed by atoms with Gasteiger partial charge in [0.05, 0.1) is 25.8 Å². The van der Waals surface area contributed by atoms with Gasteiger partial charge in [-0.25, -0.2) is 0 Å². The first kappa shape index (κ1) is 24.9. The molecule has 7 heteroatoms. The molecule has 1 unspecified atom stereocenters. The molecule has 4 aromatic carbocycles. The number of hydrogen-bond acceptors (Lipinski definition) is 6. The van der Waals surface area contributed by atoms with E-state index in [9.17, 15) is 14.7 Å². The average molecular weight is 509 g/mol. The SMILES string of the molecule is COc1ccc(N2C(=O)C(=O)/C(=C(\O)c3ccc4ccccc4c3)C2c2ccc(N(C)C)cc2)cc1OC. The van der Waals surface area contributed by atoms with E-state index in [0.29, 0.717) is 28.3 Å². The lowest BCUT2D eigenvalue weighted by Gasteiger charge is -2.26. The summed E-state index contributed by atoms with van der Waals surface area (Å²) in [6, 6.07) is 25.0. The van der Waals surface area contributed by atoms with Crippen molar-refractivity contribution in [3.05, 3.63) is 102 Å². The van der Waals surface area contributed by atoms with Crippen LogP contribution in [0, 0.1) is 0 Å². The number of hydrogen-bond donors (Lipinski definition) is 1. The second-order valence-electron chi connectivity index (χ2n) is 9.26. The van der Waals surface area contributed by atoms with E-state index < -0.39 is 17.7 Å². The van der Waals surface area contributed by atoms with E-state index >= 15 is 0 Å². The number of amides is 1. The number of ether oxygens (including phenoxy) is 2.